The molecule has 0 bridgehead atoms. The smallest absolute Gasteiger partial charge is 0.216 e. The minimum absolute atomic E-state index is 0.603. The van der Waals surface area contributed by atoms with Gasteiger partial charge in [-0.2, -0.15) is 10.1 Å². The third-order valence-electron chi connectivity index (χ3n) is 3.10. The van der Waals surface area contributed by atoms with Crippen LogP contribution in [0, 0.1) is 5.92 Å². The van der Waals surface area contributed by atoms with E-state index in [0.29, 0.717) is 11.8 Å². The molecule has 90 valence electrons. The van der Waals surface area contributed by atoms with E-state index in [4.69, 9.17) is 4.74 Å². The first-order chi connectivity index (χ1) is 8.42. The second-order valence-electron chi connectivity index (χ2n) is 4.42. The molecular weight excluding hydrogens is 216 g/mol. The van der Waals surface area contributed by atoms with Crippen LogP contribution in [0.25, 0.3) is 5.65 Å². The quantitative estimate of drug-likeness (QED) is 0.861. The van der Waals surface area contributed by atoms with Crippen molar-refractivity contribution in [1.82, 2.24) is 19.9 Å². The average Bonchev–Trinajstić information content (AvgIpc) is 2.85. The molecule has 0 saturated carbocycles. The van der Waals surface area contributed by atoms with Crippen molar-refractivity contribution < 1.29 is 4.74 Å². The monoisotopic (exact) mass is 232 g/mol. The summed E-state index contributed by atoms with van der Waals surface area (Å²) in [4.78, 5) is 4.38. The average molecular weight is 232 g/mol. The van der Waals surface area contributed by atoms with Crippen LogP contribution in [0.3, 0.4) is 0 Å². The Morgan fingerprint density at radius 2 is 2.47 bits per heavy atom. The van der Waals surface area contributed by atoms with Crippen molar-refractivity contribution >= 4 is 5.65 Å². The van der Waals surface area contributed by atoms with E-state index in [9.17, 15) is 0 Å². The predicted molar refractivity (Wildman–Crippen MR) is 64.1 cm³/mol. The lowest BCUT2D eigenvalue weighted by atomic mass is 10.0. The number of fused-ring (bicyclic) bond motifs is 1. The van der Waals surface area contributed by atoms with E-state index in [1.54, 1.807) is 10.7 Å². The van der Waals surface area contributed by atoms with Crippen LogP contribution in [0.4, 0.5) is 0 Å². The van der Waals surface area contributed by atoms with Crippen LogP contribution in [0.2, 0.25) is 0 Å². The molecule has 0 radical (unpaired) electrons. The van der Waals surface area contributed by atoms with Gasteiger partial charge in [-0.15, -0.1) is 0 Å². The maximum atomic E-state index is 5.73. The summed E-state index contributed by atoms with van der Waals surface area (Å²) in [6.45, 7) is 2.93. The van der Waals surface area contributed by atoms with Gasteiger partial charge in [-0.3, -0.25) is 0 Å². The van der Waals surface area contributed by atoms with Gasteiger partial charge in [0.05, 0.1) is 12.8 Å². The molecule has 1 fully saturated rings. The van der Waals surface area contributed by atoms with E-state index in [1.165, 1.54) is 12.8 Å². The second kappa shape index (κ2) is 4.71. The Hall–Kier alpha value is -1.62. The van der Waals surface area contributed by atoms with Crippen molar-refractivity contribution in [2.45, 2.75) is 12.8 Å². The molecule has 5 heteroatoms. The molecule has 17 heavy (non-hydrogen) atoms. The number of nitrogens with one attached hydrogen (secondary N) is 1. The molecule has 1 atom stereocenters. The van der Waals surface area contributed by atoms with Crippen LogP contribution in [0.1, 0.15) is 12.8 Å². The predicted octanol–water partition coefficient (Wildman–Crippen LogP) is 1.11. The normalized spacial score (nSPS) is 20.6. The van der Waals surface area contributed by atoms with Gasteiger partial charge in [0.2, 0.25) is 5.88 Å². The summed E-state index contributed by atoms with van der Waals surface area (Å²) < 4.78 is 7.46. The van der Waals surface area contributed by atoms with Gasteiger partial charge in [-0.05, 0) is 19.4 Å². The summed E-state index contributed by atoms with van der Waals surface area (Å²) in [5.41, 5.74) is 0.823. The number of piperidine rings is 1. The van der Waals surface area contributed by atoms with Crippen LogP contribution in [0.5, 0.6) is 5.88 Å². The molecule has 2 aromatic rings. The molecule has 3 rings (SSSR count). The van der Waals surface area contributed by atoms with Crippen molar-refractivity contribution in [3.05, 3.63) is 24.5 Å². The van der Waals surface area contributed by atoms with Gasteiger partial charge in [0, 0.05) is 30.8 Å². The molecule has 1 aliphatic rings. The topological polar surface area (TPSA) is 51.5 Å². The molecule has 2 aromatic heterocycles. The minimum atomic E-state index is 0.603. The highest BCUT2D eigenvalue weighted by molar-refractivity contribution is 5.37. The van der Waals surface area contributed by atoms with Gasteiger partial charge < -0.3 is 10.1 Å². The molecule has 3 heterocycles. The SMILES string of the molecule is c1cc2nc(OCC3CCCNC3)ccn2n1. The maximum absolute atomic E-state index is 5.73. The maximum Gasteiger partial charge on any atom is 0.216 e. The lowest BCUT2D eigenvalue weighted by Gasteiger charge is -2.22. The number of hydrogen-bond donors (Lipinski definition) is 1. The Morgan fingerprint density at radius 3 is 3.35 bits per heavy atom. The summed E-state index contributed by atoms with van der Waals surface area (Å²) in [7, 11) is 0. The Bertz CT molecular complexity index is 490. The van der Waals surface area contributed by atoms with Crippen molar-refractivity contribution in [3.8, 4) is 5.88 Å². The number of ether oxygens (including phenoxy) is 1. The Kier molecular flexibility index (Phi) is 2.92. The molecule has 1 aliphatic heterocycles. The van der Waals surface area contributed by atoms with Crippen LogP contribution in [-0.2, 0) is 0 Å². The van der Waals surface area contributed by atoms with Gasteiger partial charge >= 0.3 is 0 Å². The van der Waals surface area contributed by atoms with Crippen LogP contribution >= 0.6 is 0 Å². The molecule has 5 nitrogen and oxygen atoms in total. The number of nitrogens with zero attached hydrogens (tertiary/aromatic N) is 3. The number of hydrogen-bond acceptors (Lipinski definition) is 4. The largest absolute Gasteiger partial charge is 0.477 e. The minimum Gasteiger partial charge on any atom is -0.477 e. The molecule has 1 unspecified atom stereocenters. The van der Waals surface area contributed by atoms with Gasteiger partial charge in [-0.1, -0.05) is 0 Å². The first kappa shape index (κ1) is 10.5. The molecule has 0 spiro atoms. The summed E-state index contributed by atoms with van der Waals surface area (Å²) >= 11 is 0. The molecule has 1 N–H and O–H groups in total. The van der Waals surface area contributed by atoms with E-state index in [2.05, 4.69) is 15.4 Å². The van der Waals surface area contributed by atoms with Gasteiger partial charge in [0.1, 0.15) is 0 Å². The lowest BCUT2D eigenvalue weighted by Crippen LogP contribution is -2.33. The van der Waals surface area contributed by atoms with Crippen LogP contribution in [0.15, 0.2) is 24.5 Å². The Balaban J connectivity index is 1.63. The van der Waals surface area contributed by atoms with Gasteiger partial charge in [0.15, 0.2) is 5.65 Å². The first-order valence-corrected chi connectivity index (χ1v) is 6.06. The van der Waals surface area contributed by atoms with Crippen molar-refractivity contribution in [2.75, 3.05) is 19.7 Å². The fraction of sp³-hybridized carbons (Fsp3) is 0.500. The zero-order chi connectivity index (χ0) is 11.5. The van der Waals surface area contributed by atoms with E-state index in [-0.39, 0.29) is 0 Å². The molecule has 1 saturated heterocycles. The van der Waals surface area contributed by atoms with Crippen molar-refractivity contribution in [1.29, 1.82) is 0 Å². The Labute approximate surface area is 99.8 Å². The highest BCUT2D eigenvalue weighted by Gasteiger charge is 2.13. The van der Waals surface area contributed by atoms with Crippen LogP contribution in [-0.4, -0.2) is 34.3 Å². The fourth-order valence-corrected chi connectivity index (χ4v) is 2.15. The number of aromatic nitrogens is 3. The molecule has 0 aliphatic carbocycles. The molecule has 0 amide bonds. The van der Waals surface area contributed by atoms with E-state index >= 15 is 0 Å². The van der Waals surface area contributed by atoms with Crippen molar-refractivity contribution in [2.24, 2.45) is 5.92 Å². The zero-order valence-electron chi connectivity index (χ0n) is 9.67. The van der Waals surface area contributed by atoms with Gasteiger partial charge in [-0.25, -0.2) is 4.52 Å². The fourth-order valence-electron chi connectivity index (χ4n) is 2.15. The van der Waals surface area contributed by atoms with E-state index < -0.39 is 0 Å². The zero-order valence-corrected chi connectivity index (χ0v) is 9.67. The molecule has 0 aromatic carbocycles. The van der Waals surface area contributed by atoms with Crippen LogP contribution < -0.4 is 10.1 Å². The molecular formula is C12H16N4O. The summed E-state index contributed by atoms with van der Waals surface area (Å²) in [6, 6.07) is 3.73. The summed E-state index contributed by atoms with van der Waals surface area (Å²) in [5, 5.41) is 7.48. The third kappa shape index (κ3) is 2.39. The Morgan fingerprint density at radius 1 is 1.47 bits per heavy atom. The van der Waals surface area contributed by atoms with E-state index in [0.717, 1.165) is 25.3 Å². The highest BCUT2D eigenvalue weighted by Crippen LogP contribution is 2.13. The standard InChI is InChI=1S/C12H16N4O/c1-2-10(8-13-5-1)9-17-12-4-7-16-11(15-12)3-6-14-16/h3-4,6-7,10,13H,1-2,5,8-9H2. The van der Waals surface area contributed by atoms with E-state index in [1.807, 2.05) is 18.3 Å². The second-order valence-corrected chi connectivity index (χ2v) is 4.42. The third-order valence-corrected chi connectivity index (χ3v) is 3.10. The first-order valence-electron chi connectivity index (χ1n) is 6.06. The summed E-state index contributed by atoms with van der Waals surface area (Å²) in [6.07, 6.45) is 6.08. The lowest BCUT2D eigenvalue weighted by molar-refractivity contribution is 0.212. The summed E-state index contributed by atoms with van der Waals surface area (Å²) in [5.74, 6) is 1.29. The highest BCUT2D eigenvalue weighted by atomic mass is 16.5. The van der Waals surface area contributed by atoms with Gasteiger partial charge in [0.25, 0.3) is 0 Å². The van der Waals surface area contributed by atoms with Crippen molar-refractivity contribution in [3.63, 3.8) is 0 Å². The number of rotatable bonds is 3.